The fourth-order valence-electron chi connectivity index (χ4n) is 2.71. The molecule has 0 spiro atoms. The number of unbranched alkanes of at least 4 members (excludes halogenated alkanes) is 4. The van der Waals surface area contributed by atoms with E-state index in [1.54, 1.807) is 0 Å². The van der Waals surface area contributed by atoms with Crippen molar-refractivity contribution >= 4 is 0 Å². The maximum absolute atomic E-state index is 5.78. The van der Waals surface area contributed by atoms with E-state index >= 15 is 0 Å². The minimum Gasteiger partial charge on any atom is -0.330 e. The highest BCUT2D eigenvalue weighted by Gasteiger charge is 2.21. The Kier molecular flexibility index (Phi) is 5.17. The fourth-order valence-corrected chi connectivity index (χ4v) is 2.71. The van der Waals surface area contributed by atoms with Crippen LogP contribution in [0.1, 0.15) is 57.1 Å². The number of hydrogen-bond donors (Lipinski definition) is 1. The number of aryl methyl sites for hydroxylation is 2. The molecular weight excluding hydrogens is 224 g/mol. The summed E-state index contributed by atoms with van der Waals surface area (Å²) in [5.74, 6) is 2.97. The molecule has 0 fully saturated rings. The van der Waals surface area contributed by atoms with E-state index in [1.807, 2.05) is 0 Å². The van der Waals surface area contributed by atoms with E-state index in [0.29, 0.717) is 5.92 Å². The Hall–Kier alpha value is -0.900. The van der Waals surface area contributed by atoms with Crippen LogP contribution < -0.4 is 5.73 Å². The minimum atomic E-state index is 0.618. The third-order valence-corrected chi connectivity index (χ3v) is 3.96. The quantitative estimate of drug-likeness (QED) is 0.756. The second-order valence-electron chi connectivity index (χ2n) is 5.45. The summed E-state index contributed by atoms with van der Waals surface area (Å²) in [4.78, 5) is 0. The molecule has 2 N–H and O–H groups in total. The maximum Gasteiger partial charge on any atom is 0.133 e. The largest absolute Gasteiger partial charge is 0.330 e. The van der Waals surface area contributed by atoms with Crippen LogP contribution in [0.2, 0.25) is 0 Å². The van der Waals surface area contributed by atoms with E-state index in [4.69, 9.17) is 5.73 Å². The molecule has 1 aromatic heterocycles. The second kappa shape index (κ2) is 6.88. The molecule has 1 unspecified atom stereocenters. The minimum absolute atomic E-state index is 0.618. The highest BCUT2D eigenvalue weighted by atomic mass is 15.3. The lowest BCUT2D eigenvalue weighted by Crippen LogP contribution is -2.27. The Morgan fingerprint density at radius 1 is 1.22 bits per heavy atom. The van der Waals surface area contributed by atoms with Crippen molar-refractivity contribution in [3.63, 3.8) is 0 Å². The Labute approximate surface area is 110 Å². The number of rotatable bonds is 7. The highest BCUT2D eigenvalue weighted by Crippen LogP contribution is 2.20. The average molecular weight is 250 g/mol. The van der Waals surface area contributed by atoms with Gasteiger partial charge in [0.1, 0.15) is 11.6 Å². The van der Waals surface area contributed by atoms with Crippen molar-refractivity contribution in [1.29, 1.82) is 0 Å². The molecule has 102 valence electrons. The predicted octanol–water partition coefficient (Wildman–Crippen LogP) is 2.31. The van der Waals surface area contributed by atoms with E-state index in [9.17, 15) is 0 Å². The summed E-state index contributed by atoms with van der Waals surface area (Å²) in [5.41, 5.74) is 5.78. The predicted molar refractivity (Wildman–Crippen MR) is 73.4 cm³/mol. The lowest BCUT2D eigenvalue weighted by Gasteiger charge is -2.22. The van der Waals surface area contributed by atoms with Gasteiger partial charge in [0, 0.05) is 19.4 Å². The monoisotopic (exact) mass is 250 g/mol. The zero-order valence-corrected chi connectivity index (χ0v) is 11.6. The first-order valence-corrected chi connectivity index (χ1v) is 7.46. The summed E-state index contributed by atoms with van der Waals surface area (Å²) < 4.78 is 2.32. The van der Waals surface area contributed by atoms with Crippen molar-refractivity contribution in [2.24, 2.45) is 11.7 Å². The van der Waals surface area contributed by atoms with Crippen LogP contribution in [0.25, 0.3) is 0 Å². The van der Waals surface area contributed by atoms with Crippen LogP contribution in [0.4, 0.5) is 0 Å². The van der Waals surface area contributed by atoms with Gasteiger partial charge < -0.3 is 10.3 Å². The summed E-state index contributed by atoms with van der Waals surface area (Å²) in [6.07, 6.45) is 9.86. The van der Waals surface area contributed by atoms with E-state index in [-0.39, 0.29) is 0 Å². The molecule has 0 amide bonds. The van der Waals surface area contributed by atoms with Crippen LogP contribution in [0, 0.1) is 5.92 Å². The van der Waals surface area contributed by atoms with Crippen molar-refractivity contribution in [3.8, 4) is 0 Å². The Balaban J connectivity index is 1.84. The molecule has 0 radical (unpaired) electrons. The summed E-state index contributed by atoms with van der Waals surface area (Å²) in [6.45, 7) is 4.07. The molecule has 1 aliphatic rings. The molecule has 1 aliphatic heterocycles. The van der Waals surface area contributed by atoms with Gasteiger partial charge in [-0.05, 0) is 25.3 Å². The Morgan fingerprint density at radius 3 is 2.83 bits per heavy atom. The molecule has 18 heavy (non-hydrogen) atoms. The third kappa shape index (κ3) is 3.31. The van der Waals surface area contributed by atoms with Gasteiger partial charge in [-0.25, -0.2) is 0 Å². The van der Waals surface area contributed by atoms with Crippen LogP contribution in [0.3, 0.4) is 0 Å². The topological polar surface area (TPSA) is 56.7 Å². The van der Waals surface area contributed by atoms with Gasteiger partial charge >= 0.3 is 0 Å². The normalized spacial score (nSPS) is 18.9. The zero-order valence-electron chi connectivity index (χ0n) is 11.6. The van der Waals surface area contributed by atoms with Crippen LogP contribution in [0.5, 0.6) is 0 Å². The molecule has 0 aliphatic carbocycles. The second-order valence-corrected chi connectivity index (χ2v) is 5.45. The van der Waals surface area contributed by atoms with Gasteiger partial charge in [0.25, 0.3) is 0 Å². The third-order valence-electron chi connectivity index (χ3n) is 3.96. The molecule has 1 aromatic rings. The van der Waals surface area contributed by atoms with Gasteiger partial charge in [0.05, 0.1) is 0 Å². The maximum atomic E-state index is 5.78. The van der Waals surface area contributed by atoms with E-state index < -0.39 is 0 Å². The number of nitrogens with two attached hydrogens (primary N) is 1. The van der Waals surface area contributed by atoms with Gasteiger partial charge in [-0.15, -0.1) is 10.2 Å². The van der Waals surface area contributed by atoms with Gasteiger partial charge in [-0.3, -0.25) is 0 Å². The van der Waals surface area contributed by atoms with Gasteiger partial charge in [0.2, 0.25) is 0 Å². The first-order valence-electron chi connectivity index (χ1n) is 7.46. The smallest absolute Gasteiger partial charge is 0.133 e. The molecule has 2 heterocycles. The molecule has 4 heteroatoms. The molecule has 0 bridgehead atoms. The molecule has 1 atom stereocenters. The van der Waals surface area contributed by atoms with Crippen molar-refractivity contribution in [2.75, 3.05) is 6.54 Å². The van der Waals surface area contributed by atoms with Crippen LogP contribution in [-0.4, -0.2) is 21.3 Å². The fraction of sp³-hybridized carbons (Fsp3) is 0.857. The van der Waals surface area contributed by atoms with E-state index in [1.165, 1.54) is 50.2 Å². The van der Waals surface area contributed by atoms with Gasteiger partial charge in [-0.2, -0.15) is 0 Å². The molecule has 0 saturated heterocycles. The van der Waals surface area contributed by atoms with Crippen molar-refractivity contribution < 1.29 is 0 Å². The van der Waals surface area contributed by atoms with E-state index in [0.717, 1.165) is 25.9 Å². The number of fused-ring (bicyclic) bond motifs is 1. The molecule has 4 nitrogen and oxygen atoms in total. The van der Waals surface area contributed by atoms with Crippen LogP contribution in [0.15, 0.2) is 0 Å². The summed E-state index contributed by atoms with van der Waals surface area (Å²) in [6, 6.07) is 0. The summed E-state index contributed by atoms with van der Waals surface area (Å²) >= 11 is 0. The molecular formula is C14H26N4. The lowest BCUT2D eigenvalue weighted by atomic mass is 9.99. The van der Waals surface area contributed by atoms with Crippen LogP contribution >= 0.6 is 0 Å². The number of hydrogen-bond acceptors (Lipinski definition) is 3. The average Bonchev–Trinajstić information content (AvgIpc) is 2.81. The van der Waals surface area contributed by atoms with Crippen molar-refractivity contribution in [3.05, 3.63) is 11.6 Å². The summed E-state index contributed by atoms with van der Waals surface area (Å²) in [5, 5.41) is 8.67. The number of aromatic nitrogens is 3. The number of nitrogens with zero attached hydrogens (tertiary/aromatic N) is 3. The standard InChI is InChI=1S/C14H26N4/c1-2-3-4-5-6-7-13-16-17-14-9-8-12(10-15)11-18(13)14/h12H,2-11,15H2,1H3. The first-order chi connectivity index (χ1) is 8.85. The summed E-state index contributed by atoms with van der Waals surface area (Å²) in [7, 11) is 0. The first kappa shape index (κ1) is 13.5. The van der Waals surface area contributed by atoms with Gasteiger partial charge in [0.15, 0.2) is 0 Å². The zero-order chi connectivity index (χ0) is 12.8. The van der Waals surface area contributed by atoms with Crippen molar-refractivity contribution in [2.45, 2.75) is 64.8 Å². The SMILES string of the molecule is CCCCCCCc1nnc2n1CC(CN)CC2. The lowest BCUT2D eigenvalue weighted by molar-refractivity contribution is 0.366. The molecule has 0 aromatic carbocycles. The highest BCUT2D eigenvalue weighted by molar-refractivity contribution is 5.00. The molecule has 2 rings (SSSR count). The van der Waals surface area contributed by atoms with Gasteiger partial charge in [-0.1, -0.05) is 32.6 Å². The van der Waals surface area contributed by atoms with Crippen molar-refractivity contribution in [1.82, 2.24) is 14.8 Å². The Morgan fingerprint density at radius 2 is 2.06 bits per heavy atom. The Bertz CT molecular complexity index is 359. The molecule has 0 saturated carbocycles. The van der Waals surface area contributed by atoms with Crippen LogP contribution in [-0.2, 0) is 19.4 Å². The van der Waals surface area contributed by atoms with E-state index in [2.05, 4.69) is 21.7 Å².